The molecular weight excluding hydrogens is 468 g/mol. The Hall–Kier alpha value is -3.20. The fourth-order valence-corrected chi connectivity index (χ4v) is 5.36. The lowest BCUT2D eigenvalue weighted by atomic mass is 9.86. The van der Waals surface area contributed by atoms with Crippen LogP contribution in [0.3, 0.4) is 0 Å². The number of aromatic nitrogens is 4. The minimum absolute atomic E-state index is 0.172. The molecule has 2 saturated heterocycles. The molecule has 9 nitrogen and oxygen atoms in total. The van der Waals surface area contributed by atoms with E-state index >= 15 is 0 Å². The summed E-state index contributed by atoms with van der Waals surface area (Å²) < 4.78 is 13.2. The number of likely N-dealkylation sites (tertiary alicyclic amines) is 1. The van der Waals surface area contributed by atoms with Crippen molar-refractivity contribution in [3.63, 3.8) is 0 Å². The summed E-state index contributed by atoms with van der Waals surface area (Å²) in [4.78, 5) is 26.1. The highest BCUT2D eigenvalue weighted by Crippen LogP contribution is 2.34. The highest BCUT2D eigenvalue weighted by Gasteiger charge is 2.28. The molecule has 1 atom stereocenters. The van der Waals surface area contributed by atoms with Crippen molar-refractivity contribution in [2.75, 3.05) is 37.7 Å². The van der Waals surface area contributed by atoms with Crippen molar-refractivity contribution in [1.82, 2.24) is 24.6 Å². The van der Waals surface area contributed by atoms with Gasteiger partial charge in [-0.3, -0.25) is 0 Å². The number of nitrogens with zero attached hydrogens (tertiary/aromatic N) is 6. The van der Waals surface area contributed by atoms with Crippen LogP contribution in [0.15, 0.2) is 24.4 Å². The second-order valence-electron chi connectivity index (χ2n) is 11.3. The predicted molar refractivity (Wildman–Crippen MR) is 144 cm³/mol. The Morgan fingerprint density at radius 1 is 1.05 bits per heavy atom. The molecule has 1 aromatic carbocycles. The zero-order chi connectivity index (χ0) is 26.3. The van der Waals surface area contributed by atoms with Gasteiger partial charge in [0.15, 0.2) is 5.82 Å². The van der Waals surface area contributed by atoms with Gasteiger partial charge in [0, 0.05) is 37.6 Å². The molecule has 37 heavy (non-hydrogen) atoms. The average Bonchev–Trinajstić information content (AvgIpc) is 3.25. The van der Waals surface area contributed by atoms with E-state index in [0.717, 1.165) is 54.3 Å². The number of carbonyl (C=O) groups excluding carboxylic acids is 1. The summed E-state index contributed by atoms with van der Waals surface area (Å²) in [7, 11) is 0. The summed E-state index contributed by atoms with van der Waals surface area (Å²) in [5.74, 6) is 2.77. The van der Waals surface area contributed by atoms with Gasteiger partial charge in [0.2, 0.25) is 0 Å². The van der Waals surface area contributed by atoms with Gasteiger partial charge in [-0.2, -0.15) is 5.10 Å². The Balaban J connectivity index is 1.40. The maximum atomic E-state index is 12.5. The molecule has 0 bridgehead atoms. The number of rotatable bonds is 3. The van der Waals surface area contributed by atoms with Gasteiger partial charge in [0.05, 0.1) is 24.4 Å². The maximum absolute atomic E-state index is 12.5. The van der Waals surface area contributed by atoms with E-state index in [9.17, 15) is 4.79 Å². The monoisotopic (exact) mass is 506 g/mol. The second-order valence-corrected chi connectivity index (χ2v) is 11.3. The molecule has 5 rings (SSSR count). The number of morpholine rings is 1. The summed E-state index contributed by atoms with van der Waals surface area (Å²) >= 11 is 0. The Morgan fingerprint density at radius 3 is 2.49 bits per heavy atom. The quantitative estimate of drug-likeness (QED) is 0.506. The van der Waals surface area contributed by atoms with Crippen LogP contribution in [0.25, 0.3) is 16.7 Å². The van der Waals surface area contributed by atoms with Gasteiger partial charge in [-0.05, 0) is 83.6 Å². The molecule has 3 aromatic rings. The van der Waals surface area contributed by atoms with Crippen LogP contribution >= 0.6 is 0 Å². The van der Waals surface area contributed by atoms with Crippen molar-refractivity contribution < 1.29 is 14.3 Å². The van der Waals surface area contributed by atoms with Crippen LogP contribution in [0.2, 0.25) is 0 Å². The summed E-state index contributed by atoms with van der Waals surface area (Å²) in [5.41, 5.74) is 3.12. The number of hydrogen-bond acceptors (Lipinski definition) is 7. The van der Waals surface area contributed by atoms with E-state index in [4.69, 9.17) is 24.5 Å². The minimum Gasteiger partial charge on any atom is -0.444 e. The number of aryl methyl sites for hydroxylation is 2. The highest BCUT2D eigenvalue weighted by atomic mass is 16.6. The molecule has 2 aliphatic heterocycles. The molecule has 1 amide bonds. The van der Waals surface area contributed by atoms with Gasteiger partial charge in [-0.1, -0.05) is 0 Å². The number of benzene rings is 1. The van der Waals surface area contributed by atoms with Crippen molar-refractivity contribution in [2.24, 2.45) is 0 Å². The zero-order valence-electron chi connectivity index (χ0n) is 22.8. The summed E-state index contributed by atoms with van der Waals surface area (Å²) in [6.07, 6.45) is 3.67. The van der Waals surface area contributed by atoms with Gasteiger partial charge in [0.1, 0.15) is 17.2 Å². The molecule has 0 aliphatic carbocycles. The molecule has 2 fully saturated rings. The SMILES string of the molecule is Cc1nc(N2CCOC(C)C2)cc(-n2ncc3cc(C)c(C4CCN(C(=O)OC(C)(C)C)CC4)cc32)n1. The van der Waals surface area contributed by atoms with Crippen molar-refractivity contribution in [1.29, 1.82) is 0 Å². The summed E-state index contributed by atoms with van der Waals surface area (Å²) in [6.45, 7) is 15.6. The minimum atomic E-state index is -0.479. The summed E-state index contributed by atoms with van der Waals surface area (Å²) in [5, 5.41) is 5.81. The first kappa shape index (κ1) is 25.4. The Bertz CT molecular complexity index is 1290. The van der Waals surface area contributed by atoms with Crippen LogP contribution in [0, 0.1) is 13.8 Å². The number of carbonyl (C=O) groups is 1. The van der Waals surface area contributed by atoms with Gasteiger partial charge in [-0.25, -0.2) is 19.4 Å². The van der Waals surface area contributed by atoms with Crippen LogP contribution in [0.5, 0.6) is 0 Å². The lowest BCUT2D eigenvalue weighted by Gasteiger charge is -2.34. The molecule has 0 saturated carbocycles. The first-order valence-corrected chi connectivity index (χ1v) is 13.3. The van der Waals surface area contributed by atoms with E-state index < -0.39 is 5.60 Å². The lowest BCUT2D eigenvalue weighted by molar-refractivity contribution is 0.0204. The fourth-order valence-electron chi connectivity index (χ4n) is 5.36. The van der Waals surface area contributed by atoms with Crippen molar-refractivity contribution in [3.8, 4) is 5.82 Å². The number of piperidine rings is 1. The van der Waals surface area contributed by atoms with Crippen LogP contribution in [0.4, 0.5) is 10.6 Å². The number of fused-ring (bicyclic) bond motifs is 1. The van der Waals surface area contributed by atoms with Gasteiger partial charge < -0.3 is 19.3 Å². The van der Waals surface area contributed by atoms with E-state index in [0.29, 0.717) is 25.6 Å². The zero-order valence-corrected chi connectivity index (χ0v) is 22.8. The number of hydrogen-bond donors (Lipinski definition) is 0. The lowest BCUT2D eigenvalue weighted by Crippen LogP contribution is -2.41. The largest absolute Gasteiger partial charge is 0.444 e. The van der Waals surface area contributed by atoms with Crippen molar-refractivity contribution in [2.45, 2.75) is 72.0 Å². The standard InChI is InChI=1S/C28H38N6O3/c1-18-13-22-16-29-34(26-15-25(30-20(3)31-26)33-11-12-36-19(2)17-33)24(22)14-23(18)21-7-9-32(10-8-21)27(35)37-28(4,5)6/h13-16,19,21H,7-12,17H2,1-6H3. The topological polar surface area (TPSA) is 85.6 Å². The highest BCUT2D eigenvalue weighted by molar-refractivity contribution is 5.82. The third kappa shape index (κ3) is 5.56. The molecule has 9 heteroatoms. The molecule has 198 valence electrons. The summed E-state index contributed by atoms with van der Waals surface area (Å²) in [6, 6.07) is 6.50. The number of anilines is 1. The van der Waals surface area contributed by atoms with E-state index in [1.807, 2.05) is 49.5 Å². The second kappa shape index (κ2) is 9.93. The van der Waals surface area contributed by atoms with Crippen LogP contribution in [0.1, 0.15) is 63.4 Å². The van der Waals surface area contributed by atoms with E-state index in [2.05, 4.69) is 30.9 Å². The van der Waals surface area contributed by atoms with Crippen LogP contribution in [-0.2, 0) is 9.47 Å². The molecule has 0 spiro atoms. The average molecular weight is 507 g/mol. The number of amides is 1. The Morgan fingerprint density at radius 2 is 1.78 bits per heavy atom. The maximum Gasteiger partial charge on any atom is 0.410 e. The van der Waals surface area contributed by atoms with Gasteiger partial charge in [-0.15, -0.1) is 0 Å². The van der Waals surface area contributed by atoms with Gasteiger partial charge >= 0.3 is 6.09 Å². The Labute approximate surface area is 218 Å². The molecule has 0 radical (unpaired) electrons. The number of ether oxygens (including phenoxy) is 2. The van der Waals surface area contributed by atoms with E-state index in [1.54, 1.807) is 0 Å². The fraction of sp³-hybridized carbons (Fsp3) is 0.571. The first-order valence-electron chi connectivity index (χ1n) is 13.3. The molecule has 1 unspecified atom stereocenters. The smallest absolute Gasteiger partial charge is 0.410 e. The molecule has 0 N–H and O–H groups in total. The molecular formula is C28H38N6O3. The van der Waals surface area contributed by atoms with Crippen molar-refractivity contribution in [3.05, 3.63) is 41.3 Å². The predicted octanol–water partition coefficient (Wildman–Crippen LogP) is 4.77. The first-order chi connectivity index (χ1) is 17.6. The third-order valence-electron chi connectivity index (χ3n) is 7.14. The van der Waals surface area contributed by atoms with Crippen molar-refractivity contribution >= 4 is 22.8 Å². The van der Waals surface area contributed by atoms with Gasteiger partial charge in [0.25, 0.3) is 0 Å². The van der Waals surface area contributed by atoms with Crippen LogP contribution in [-0.4, -0.2) is 75.2 Å². The third-order valence-corrected chi connectivity index (χ3v) is 7.14. The van der Waals surface area contributed by atoms with E-state index in [-0.39, 0.29) is 12.2 Å². The normalized spacial score (nSPS) is 19.5. The molecule has 4 heterocycles. The van der Waals surface area contributed by atoms with E-state index in [1.165, 1.54) is 11.1 Å². The Kier molecular flexibility index (Phi) is 6.83. The molecule has 2 aromatic heterocycles. The van der Waals surface area contributed by atoms with Crippen LogP contribution < -0.4 is 4.90 Å². The molecule has 2 aliphatic rings.